The highest BCUT2D eigenvalue weighted by Gasteiger charge is 2.35. The second-order valence-corrected chi connectivity index (χ2v) is 31.7. The standard InChI is InChI=1S/C104H84F8N16O16/c1-9-137-97(129)50-25-17-33-58(41-50)113-67-49-66-68(84(115-60-35-19-27-52(43-60)99(131)139-11-3)83(67)114-59-34-18-26-51(42-59)98(130)138-10-2)90-120-89(66)121-91-69-70(76(106)80(110)79(109)75(69)105)92(122-91)123-93-71-72(78(108)82(112)81(111)77(71)107)94(124-93)126-96-74-73(95(125-90)128(96)127-65-40-24-32-57(48-65)104(136)144-16-8)85(116-61-36-20-28-53(44-61)100(132)140-12-4)87(118-63-38-22-30-55(46-63)102(134)142-14-6)88(119-64-39-23-31-56(47-64)103(135)143-15-7)86(74)117-62-37-21-29-54(45-62)101(133)141-13-5/h17-49,113-119,127H,9-16H2,1-8H3,(H3,120,121,122,123,124,125,126). The molecule has 1 aliphatic rings. The van der Waals surface area contributed by atoms with Crippen molar-refractivity contribution in [2.24, 2.45) is 20.0 Å². The van der Waals surface area contributed by atoms with Crippen LogP contribution in [0.25, 0.3) is 43.1 Å². The number of aromatic amines is 3. The maximum atomic E-state index is 18.3. The molecule has 8 bridgehead atoms. The second kappa shape index (κ2) is 41.7. The van der Waals surface area contributed by atoms with Crippen LogP contribution in [0.3, 0.4) is 0 Å². The average molecular weight is 1970 g/mol. The molecule has 0 saturated carbocycles. The number of carbonyl (C=O) groups excluding carboxylic acids is 8. The highest BCUT2D eigenvalue weighted by Crippen LogP contribution is 2.53. The van der Waals surface area contributed by atoms with Crippen LogP contribution in [-0.2, 0) is 37.9 Å². The highest BCUT2D eigenvalue weighted by molar-refractivity contribution is 6.20. The summed E-state index contributed by atoms with van der Waals surface area (Å²) in [4.78, 5) is 142. The summed E-state index contributed by atoms with van der Waals surface area (Å²) >= 11 is 0. The van der Waals surface area contributed by atoms with E-state index < -0.39 is 161 Å². The molecule has 0 spiro atoms. The Morgan fingerprint density at radius 3 is 0.792 bits per heavy atom. The number of nitrogens with one attached hydrogen (secondary N) is 11. The number of halogens is 8. The van der Waals surface area contributed by atoms with Crippen LogP contribution in [0.15, 0.2) is 220 Å². The van der Waals surface area contributed by atoms with Gasteiger partial charge < -0.3 is 90.1 Å². The Morgan fingerprint density at radius 1 is 0.250 bits per heavy atom. The van der Waals surface area contributed by atoms with Crippen LogP contribution in [0, 0.1) is 46.5 Å². The lowest BCUT2D eigenvalue weighted by Gasteiger charge is -2.25. The number of anilines is 15. The first-order valence-electron chi connectivity index (χ1n) is 45.1. The Morgan fingerprint density at radius 2 is 0.486 bits per heavy atom. The fourth-order valence-electron chi connectivity index (χ4n) is 16.3. The predicted octanol–water partition coefficient (Wildman–Crippen LogP) is 21.8. The number of benzene rings is 12. The second-order valence-electron chi connectivity index (χ2n) is 31.7. The molecule has 0 fully saturated rings. The van der Waals surface area contributed by atoms with Crippen molar-refractivity contribution < 1.29 is 111 Å². The molecule has 0 unspecified atom stereocenters. The van der Waals surface area contributed by atoms with Gasteiger partial charge in [0.25, 0.3) is 0 Å². The van der Waals surface area contributed by atoms with E-state index in [0.29, 0.717) is 0 Å². The molecular weight excluding hydrogens is 1880 g/mol. The van der Waals surface area contributed by atoms with Crippen molar-refractivity contribution >= 4 is 199 Å². The van der Waals surface area contributed by atoms with Gasteiger partial charge in [0.1, 0.15) is 34.2 Å². The summed E-state index contributed by atoms with van der Waals surface area (Å²) in [5.74, 6) is -28.3. The SMILES string of the molecule is CCOC(=O)c1cccc(Nc2cc3c4[nH]c(c3c(Nc3cccc(C(=O)OCC)c3)c2Nc2cccc(C(=O)OCC)c2)N=c2c3c(Nc5cccc(C(=O)OCC)c5)c(Nc5cccc(C(=O)OCC)c5)c(Nc5cccc(C(=O)OCC)c5)c(Nc5cccc(C(=O)OCC)c5)c3c(n2Nc2cccc(C(=O)OCC)c2)=Nc2[nH]c(c3c(F)c(F)c(F)c(F)c23)N=c2[nH]c(c3c(F)c(F)c(F)c(F)c23)=N4)c1. The Kier molecular flexibility index (Phi) is 28.2. The molecule has 12 aromatic carbocycles. The average Bonchev–Trinajstić information content (AvgIpc) is 1.54. The Bertz CT molecular complexity index is 8250. The van der Waals surface area contributed by atoms with Gasteiger partial charge in [-0.05, 0) is 207 Å². The lowest BCUT2D eigenvalue weighted by atomic mass is 10.0. The summed E-state index contributed by atoms with van der Waals surface area (Å²) in [7, 11) is 0. The van der Waals surface area contributed by atoms with E-state index in [1.807, 2.05) is 0 Å². The van der Waals surface area contributed by atoms with Crippen LogP contribution in [-0.4, -0.2) is 120 Å². The molecule has 0 radical (unpaired) electrons. The van der Waals surface area contributed by atoms with Crippen molar-refractivity contribution in [3.63, 3.8) is 0 Å². The lowest BCUT2D eigenvalue weighted by Crippen LogP contribution is -2.33. The van der Waals surface area contributed by atoms with Gasteiger partial charge in [-0.25, -0.2) is 98.1 Å². The number of rotatable bonds is 32. The zero-order valence-electron chi connectivity index (χ0n) is 77.5. The van der Waals surface area contributed by atoms with E-state index in [1.165, 1.54) is 182 Å². The van der Waals surface area contributed by atoms with Crippen LogP contribution in [0.2, 0.25) is 0 Å². The summed E-state index contributed by atoms with van der Waals surface area (Å²) in [5.41, 5.74) is -1.36. The zero-order chi connectivity index (χ0) is 102. The molecule has 0 atom stereocenters. The molecule has 732 valence electrons. The maximum absolute atomic E-state index is 18.3. The summed E-state index contributed by atoms with van der Waals surface area (Å²) in [5, 5.41) is 18.1. The molecule has 40 heteroatoms. The van der Waals surface area contributed by atoms with E-state index in [9.17, 15) is 38.4 Å². The quantitative estimate of drug-likeness (QED) is 0.00613. The smallest absolute Gasteiger partial charge is 0.338 e. The van der Waals surface area contributed by atoms with Crippen molar-refractivity contribution in [1.82, 2.24) is 19.6 Å². The zero-order valence-corrected chi connectivity index (χ0v) is 77.5. The molecule has 16 aromatic rings. The molecule has 144 heavy (non-hydrogen) atoms. The number of fused-ring (bicyclic) bond motifs is 20. The van der Waals surface area contributed by atoms with E-state index in [0.717, 1.165) is 4.68 Å². The predicted molar refractivity (Wildman–Crippen MR) is 521 cm³/mol. The molecular formula is C104H84F8N16O16. The fourth-order valence-corrected chi connectivity index (χ4v) is 16.3. The molecule has 4 aromatic heterocycles. The third-order valence-electron chi connectivity index (χ3n) is 22.4. The van der Waals surface area contributed by atoms with E-state index in [4.69, 9.17) is 52.9 Å². The van der Waals surface area contributed by atoms with E-state index >= 15 is 35.1 Å². The van der Waals surface area contributed by atoms with Gasteiger partial charge in [0.15, 0.2) is 57.5 Å². The monoisotopic (exact) mass is 1960 g/mol. The van der Waals surface area contributed by atoms with Gasteiger partial charge in [0.05, 0.1) is 181 Å². The normalized spacial score (nSPS) is 11.4. The minimum absolute atomic E-state index is 0.00137. The highest BCUT2D eigenvalue weighted by atomic mass is 19.2. The summed E-state index contributed by atoms with van der Waals surface area (Å²) in [6.45, 7) is 11.8. The number of esters is 8. The van der Waals surface area contributed by atoms with Crippen LogP contribution in [0.1, 0.15) is 138 Å². The van der Waals surface area contributed by atoms with Crippen LogP contribution < -0.4 is 64.6 Å². The first-order chi connectivity index (χ1) is 69.6. The van der Waals surface area contributed by atoms with Gasteiger partial charge >= 0.3 is 47.8 Å². The first-order valence-corrected chi connectivity index (χ1v) is 45.1. The Hall–Kier alpha value is -18.4. The molecule has 0 saturated heterocycles. The van der Waals surface area contributed by atoms with Gasteiger partial charge in [-0.15, -0.1) is 0 Å². The molecule has 0 aliphatic carbocycles. The first kappa shape index (κ1) is 97.3. The van der Waals surface area contributed by atoms with Gasteiger partial charge in [-0.1, -0.05) is 48.5 Å². The van der Waals surface area contributed by atoms with Gasteiger partial charge in [0, 0.05) is 45.2 Å². The summed E-state index contributed by atoms with van der Waals surface area (Å²) < 4.78 is 184. The number of aromatic nitrogens is 4. The lowest BCUT2D eigenvalue weighted by molar-refractivity contribution is 0.0517. The third-order valence-corrected chi connectivity index (χ3v) is 22.4. The molecule has 32 nitrogen and oxygen atoms in total. The molecule has 17 rings (SSSR count). The number of carbonyl (C=O) groups is 8. The van der Waals surface area contributed by atoms with E-state index in [-0.39, 0.29) is 204 Å². The van der Waals surface area contributed by atoms with Crippen molar-refractivity contribution in [3.05, 3.63) is 313 Å². The largest absolute Gasteiger partial charge is 0.462 e. The Labute approximate surface area is 810 Å². The number of nitrogens with zero attached hydrogens (tertiary/aromatic N) is 5. The van der Waals surface area contributed by atoms with Crippen molar-refractivity contribution in [1.29, 1.82) is 0 Å². The van der Waals surface area contributed by atoms with Crippen molar-refractivity contribution in [3.8, 4) is 0 Å². The Balaban J connectivity index is 1.19. The van der Waals surface area contributed by atoms with Gasteiger partial charge in [-0.2, -0.15) is 0 Å². The topological polar surface area (TPSA) is 408 Å². The minimum atomic E-state index is -2.47. The maximum Gasteiger partial charge on any atom is 0.338 e. The number of H-pyrrole nitrogens is 3. The fraction of sp³-hybridized carbons (Fsp3) is 0.154. The van der Waals surface area contributed by atoms with Crippen LogP contribution in [0.4, 0.5) is 144 Å². The van der Waals surface area contributed by atoms with Crippen LogP contribution in [0.5, 0.6) is 0 Å². The number of hydrogen-bond acceptors (Lipinski definition) is 28. The van der Waals surface area contributed by atoms with Gasteiger partial charge in [0.2, 0.25) is 0 Å². The van der Waals surface area contributed by atoms with E-state index in [2.05, 4.69) is 62.6 Å². The number of hydrogen-bond donors (Lipinski definition) is 11. The van der Waals surface area contributed by atoms with Crippen LogP contribution >= 0.6 is 0 Å². The van der Waals surface area contributed by atoms with E-state index in [1.54, 1.807) is 73.6 Å². The van der Waals surface area contributed by atoms with Crippen molar-refractivity contribution in [2.45, 2.75) is 55.4 Å². The van der Waals surface area contributed by atoms with Crippen molar-refractivity contribution in [2.75, 3.05) is 95.5 Å². The molecule has 5 heterocycles. The molecule has 1 aliphatic heterocycles. The number of ether oxygens (including phenoxy) is 8. The minimum Gasteiger partial charge on any atom is -0.462 e. The summed E-state index contributed by atoms with van der Waals surface area (Å²) in [6.07, 6.45) is 0. The summed E-state index contributed by atoms with van der Waals surface area (Å²) in [6, 6.07) is 48.2. The van der Waals surface area contributed by atoms with Gasteiger partial charge in [-0.3, -0.25) is 5.43 Å². The third kappa shape index (κ3) is 19.4. The molecule has 11 N–H and O–H groups in total. The molecule has 0 amide bonds.